The molecule has 0 saturated carbocycles. The van der Waals surface area contributed by atoms with Crippen molar-refractivity contribution in [3.8, 4) is 6.07 Å². The van der Waals surface area contributed by atoms with E-state index in [-0.39, 0.29) is 11.7 Å². The molecule has 1 aliphatic rings. The van der Waals surface area contributed by atoms with Crippen molar-refractivity contribution in [1.82, 2.24) is 9.55 Å². The Morgan fingerprint density at radius 1 is 1.43 bits per heavy atom. The standard InChI is InChI=1S/C23H24N4O2S/c1-14-6-4-8-20-21(14)25-23(30-20)26-22(28)18(12-24)11-17-10-15(2)27(16(17)3)13-19-7-5-9-29-19/h4,6,8,10-11,19H,5,7,9,13H2,1-3H3,(H,25,26,28)/b18-11-. The lowest BCUT2D eigenvalue weighted by molar-refractivity contribution is -0.112. The Morgan fingerprint density at radius 2 is 2.27 bits per heavy atom. The van der Waals surface area contributed by atoms with Crippen LogP contribution in [0.15, 0.2) is 29.8 Å². The van der Waals surface area contributed by atoms with Crippen LogP contribution in [0.1, 0.15) is 35.4 Å². The Balaban J connectivity index is 1.56. The second kappa shape index (κ2) is 8.42. The molecule has 1 saturated heterocycles. The predicted molar refractivity (Wildman–Crippen MR) is 119 cm³/mol. The largest absolute Gasteiger partial charge is 0.376 e. The van der Waals surface area contributed by atoms with E-state index in [4.69, 9.17) is 4.74 Å². The third-order valence-electron chi connectivity index (χ3n) is 5.53. The first kappa shape index (κ1) is 20.3. The van der Waals surface area contributed by atoms with Crippen molar-refractivity contribution in [1.29, 1.82) is 5.26 Å². The summed E-state index contributed by atoms with van der Waals surface area (Å²) in [7, 11) is 0. The molecule has 0 radical (unpaired) electrons. The lowest BCUT2D eigenvalue weighted by Gasteiger charge is -2.14. The number of rotatable bonds is 5. The summed E-state index contributed by atoms with van der Waals surface area (Å²) in [6, 6.07) is 9.97. The molecule has 6 nitrogen and oxygen atoms in total. The zero-order valence-corrected chi connectivity index (χ0v) is 18.2. The number of para-hydroxylation sites is 1. The fraction of sp³-hybridized carbons (Fsp3) is 0.348. The number of fused-ring (bicyclic) bond motifs is 1. The molecule has 1 N–H and O–H groups in total. The molecule has 1 amide bonds. The molecule has 0 bridgehead atoms. The summed E-state index contributed by atoms with van der Waals surface area (Å²) in [4.78, 5) is 17.2. The Labute approximate surface area is 179 Å². The molecule has 30 heavy (non-hydrogen) atoms. The van der Waals surface area contributed by atoms with Gasteiger partial charge in [-0.2, -0.15) is 5.26 Å². The van der Waals surface area contributed by atoms with Crippen LogP contribution < -0.4 is 5.32 Å². The van der Waals surface area contributed by atoms with Gasteiger partial charge in [-0.3, -0.25) is 10.1 Å². The molecule has 4 rings (SSSR count). The second-order valence-electron chi connectivity index (χ2n) is 7.64. The number of nitriles is 1. The highest BCUT2D eigenvalue weighted by Gasteiger charge is 2.19. The SMILES string of the molecule is Cc1cccc2sc(NC(=O)/C(C#N)=C\c3cc(C)n(CC4CCCO4)c3C)nc12. The van der Waals surface area contributed by atoms with Gasteiger partial charge in [0.1, 0.15) is 11.6 Å². The summed E-state index contributed by atoms with van der Waals surface area (Å²) in [5.41, 5.74) is 4.98. The molecule has 0 spiro atoms. The predicted octanol–water partition coefficient (Wildman–Crippen LogP) is 4.75. The van der Waals surface area contributed by atoms with Crippen LogP contribution >= 0.6 is 11.3 Å². The minimum atomic E-state index is -0.446. The van der Waals surface area contributed by atoms with E-state index < -0.39 is 5.91 Å². The number of carbonyl (C=O) groups is 1. The van der Waals surface area contributed by atoms with Gasteiger partial charge in [-0.05, 0) is 62.9 Å². The minimum Gasteiger partial charge on any atom is -0.376 e. The highest BCUT2D eigenvalue weighted by molar-refractivity contribution is 7.22. The smallest absolute Gasteiger partial charge is 0.268 e. The monoisotopic (exact) mass is 420 g/mol. The fourth-order valence-electron chi connectivity index (χ4n) is 3.85. The Bertz CT molecular complexity index is 1180. The molecule has 1 aliphatic heterocycles. The number of hydrogen-bond donors (Lipinski definition) is 1. The first-order chi connectivity index (χ1) is 14.5. The maximum Gasteiger partial charge on any atom is 0.268 e. The first-order valence-electron chi connectivity index (χ1n) is 10.0. The highest BCUT2D eigenvalue weighted by atomic mass is 32.1. The summed E-state index contributed by atoms with van der Waals surface area (Å²) >= 11 is 1.40. The molecular weight excluding hydrogens is 396 g/mol. The summed E-state index contributed by atoms with van der Waals surface area (Å²) in [5.74, 6) is -0.446. The van der Waals surface area contributed by atoms with E-state index in [1.807, 2.05) is 51.1 Å². The van der Waals surface area contributed by atoms with Gasteiger partial charge >= 0.3 is 0 Å². The topological polar surface area (TPSA) is 79.9 Å². The maximum atomic E-state index is 12.7. The van der Waals surface area contributed by atoms with Crippen molar-refractivity contribution in [3.63, 3.8) is 0 Å². The molecule has 1 atom stereocenters. The van der Waals surface area contributed by atoms with E-state index >= 15 is 0 Å². The first-order valence-corrected chi connectivity index (χ1v) is 10.9. The Kier molecular flexibility index (Phi) is 5.71. The summed E-state index contributed by atoms with van der Waals surface area (Å²) < 4.78 is 8.96. The van der Waals surface area contributed by atoms with Gasteiger partial charge in [0, 0.05) is 24.5 Å². The van der Waals surface area contributed by atoms with E-state index in [1.54, 1.807) is 6.08 Å². The number of benzene rings is 1. The van der Waals surface area contributed by atoms with Crippen LogP contribution in [-0.2, 0) is 16.1 Å². The van der Waals surface area contributed by atoms with Crippen LogP contribution in [0.4, 0.5) is 5.13 Å². The lowest BCUT2D eigenvalue weighted by atomic mass is 10.1. The third kappa shape index (κ3) is 4.02. The van der Waals surface area contributed by atoms with Crippen LogP contribution in [0.3, 0.4) is 0 Å². The van der Waals surface area contributed by atoms with Gasteiger partial charge in [0.05, 0.1) is 16.3 Å². The van der Waals surface area contributed by atoms with Gasteiger partial charge in [0.2, 0.25) is 0 Å². The fourth-order valence-corrected chi connectivity index (χ4v) is 4.79. The van der Waals surface area contributed by atoms with Crippen LogP contribution in [0.25, 0.3) is 16.3 Å². The van der Waals surface area contributed by atoms with Gasteiger partial charge < -0.3 is 9.30 Å². The van der Waals surface area contributed by atoms with Gasteiger partial charge in [0.25, 0.3) is 5.91 Å². The van der Waals surface area contributed by atoms with E-state index in [2.05, 4.69) is 14.9 Å². The number of anilines is 1. The van der Waals surface area contributed by atoms with Crippen molar-refractivity contribution in [2.45, 2.75) is 46.3 Å². The van der Waals surface area contributed by atoms with Crippen molar-refractivity contribution in [2.24, 2.45) is 0 Å². The lowest BCUT2D eigenvalue weighted by Crippen LogP contribution is -2.17. The number of aryl methyl sites for hydroxylation is 2. The van der Waals surface area contributed by atoms with Crippen molar-refractivity contribution >= 4 is 38.7 Å². The van der Waals surface area contributed by atoms with Crippen LogP contribution in [0.2, 0.25) is 0 Å². The van der Waals surface area contributed by atoms with Gasteiger partial charge in [0.15, 0.2) is 5.13 Å². The molecule has 0 aliphatic carbocycles. The number of carbonyl (C=O) groups excluding carboxylic acids is 1. The zero-order chi connectivity index (χ0) is 21.3. The summed E-state index contributed by atoms with van der Waals surface area (Å²) in [5, 5.41) is 12.9. The number of nitrogens with one attached hydrogen (secondary N) is 1. The van der Waals surface area contributed by atoms with Gasteiger partial charge in [-0.1, -0.05) is 23.5 Å². The molecule has 7 heteroatoms. The average Bonchev–Trinajstić information content (AvgIpc) is 3.43. The molecule has 3 heterocycles. The number of aromatic nitrogens is 2. The molecule has 1 fully saturated rings. The quantitative estimate of drug-likeness (QED) is 0.477. The number of hydrogen-bond acceptors (Lipinski definition) is 5. The molecule has 1 unspecified atom stereocenters. The van der Waals surface area contributed by atoms with Crippen molar-refractivity contribution < 1.29 is 9.53 Å². The van der Waals surface area contributed by atoms with E-state index in [1.165, 1.54) is 11.3 Å². The average molecular weight is 421 g/mol. The Hall–Kier alpha value is -2.95. The molecule has 1 aromatic carbocycles. The Morgan fingerprint density at radius 3 is 2.97 bits per heavy atom. The molecule has 2 aromatic heterocycles. The normalized spacial score (nSPS) is 16.7. The van der Waals surface area contributed by atoms with Crippen molar-refractivity contribution in [3.05, 3.63) is 52.4 Å². The number of nitrogens with zero attached hydrogens (tertiary/aromatic N) is 3. The second-order valence-corrected chi connectivity index (χ2v) is 8.67. The minimum absolute atomic E-state index is 0.0587. The van der Waals surface area contributed by atoms with Crippen LogP contribution in [0, 0.1) is 32.1 Å². The number of ether oxygens (including phenoxy) is 1. The van der Waals surface area contributed by atoms with Crippen LogP contribution in [-0.4, -0.2) is 28.2 Å². The summed E-state index contributed by atoms with van der Waals surface area (Å²) in [6.07, 6.45) is 4.05. The zero-order valence-electron chi connectivity index (χ0n) is 17.4. The maximum absolute atomic E-state index is 12.7. The third-order valence-corrected chi connectivity index (χ3v) is 6.47. The van der Waals surface area contributed by atoms with Crippen molar-refractivity contribution in [2.75, 3.05) is 11.9 Å². The van der Waals surface area contributed by atoms with E-state index in [9.17, 15) is 10.1 Å². The number of thiazole rings is 1. The highest BCUT2D eigenvalue weighted by Crippen LogP contribution is 2.28. The van der Waals surface area contributed by atoms with Gasteiger partial charge in [-0.15, -0.1) is 0 Å². The molecule has 154 valence electrons. The number of amides is 1. The molecular formula is C23H24N4O2S. The molecule has 3 aromatic rings. The summed E-state index contributed by atoms with van der Waals surface area (Å²) in [6.45, 7) is 7.65. The van der Waals surface area contributed by atoms with E-state index in [0.29, 0.717) is 5.13 Å². The van der Waals surface area contributed by atoms with Gasteiger partial charge in [-0.25, -0.2) is 4.98 Å². The van der Waals surface area contributed by atoms with Crippen LogP contribution in [0.5, 0.6) is 0 Å². The van der Waals surface area contributed by atoms with E-state index in [0.717, 1.165) is 58.7 Å².